The number of pyridine rings is 1. The van der Waals surface area contributed by atoms with E-state index in [4.69, 9.17) is 11.6 Å². The number of hydrogen-bond acceptors (Lipinski definition) is 2. The van der Waals surface area contributed by atoms with Crippen LogP contribution in [-0.4, -0.2) is 11.0 Å². The molecule has 112 valence electrons. The van der Waals surface area contributed by atoms with Crippen molar-refractivity contribution in [2.45, 2.75) is 4.90 Å². The summed E-state index contributed by atoms with van der Waals surface area (Å²) in [4.78, 5) is 14.7. The number of nitrogens with zero attached hydrogens (tertiary/aromatic N) is 1. The molecule has 0 aliphatic rings. The van der Waals surface area contributed by atoms with Gasteiger partial charge in [0.1, 0.15) is 5.15 Å². The van der Waals surface area contributed by atoms with E-state index < -0.39 is 22.1 Å². The van der Waals surface area contributed by atoms with Crippen molar-refractivity contribution in [3.05, 3.63) is 47.7 Å². The van der Waals surface area contributed by atoms with Crippen LogP contribution in [-0.2, 0) is 0 Å². The lowest BCUT2D eigenvalue weighted by Crippen LogP contribution is -2.19. The minimum absolute atomic E-state index is 0.0509. The highest BCUT2D eigenvalue weighted by atomic mass is 35.5. The van der Waals surface area contributed by atoms with Crippen LogP contribution in [0.2, 0.25) is 5.15 Å². The fourth-order valence-electron chi connectivity index (χ4n) is 1.49. The fraction of sp³-hybridized carbons (Fsp3) is 0. The second-order valence-electron chi connectivity index (χ2n) is 3.88. The van der Waals surface area contributed by atoms with Crippen molar-refractivity contribution in [1.29, 1.82) is 0 Å². The quantitative estimate of drug-likeness (QED) is 0.758. The minimum atomic E-state index is -5.32. The van der Waals surface area contributed by atoms with Crippen LogP contribution in [0.1, 0.15) is 0 Å². The number of halogens is 4. The van der Waals surface area contributed by atoms with Crippen molar-refractivity contribution in [2.24, 2.45) is 0 Å². The molecule has 1 heterocycles. The second kappa shape index (κ2) is 6.23. The van der Waals surface area contributed by atoms with Crippen LogP contribution < -0.4 is 10.6 Å². The highest BCUT2D eigenvalue weighted by molar-refractivity contribution is 8.20. The predicted octanol–water partition coefficient (Wildman–Crippen LogP) is 5.20. The van der Waals surface area contributed by atoms with Gasteiger partial charge in [0.2, 0.25) is 11.2 Å². The Morgan fingerprint density at radius 3 is 2.38 bits per heavy atom. The summed E-state index contributed by atoms with van der Waals surface area (Å²) in [6, 6.07) is 6.68. The van der Waals surface area contributed by atoms with Gasteiger partial charge in [0.15, 0.2) is 0 Å². The zero-order valence-corrected chi connectivity index (χ0v) is 11.9. The van der Waals surface area contributed by atoms with Gasteiger partial charge in [0.25, 0.3) is 0 Å². The highest BCUT2D eigenvalue weighted by Gasteiger charge is 2.24. The molecule has 0 atom stereocenters. The lowest BCUT2D eigenvalue weighted by Gasteiger charge is -2.12. The summed E-state index contributed by atoms with van der Waals surface area (Å²) in [5, 5.41) is 4.95. The Hall–Kier alpha value is -1.93. The third-order valence-corrected chi connectivity index (χ3v) is 3.34. The molecular weight excluding hydrogens is 327 g/mol. The van der Waals surface area contributed by atoms with E-state index in [1.807, 2.05) is 0 Å². The molecule has 0 fully saturated rings. The summed E-state index contributed by atoms with van der Waals surface area (Å²) in [6.07, 6.45) is 1.39. The summed E-state index contributed by atoms with van der Waals surface area (Å²) < 4.78 is 37.9. The first-order chi connectivity index (χ1) is 9.84. The summed E-state index contributed by atoms with van der Waals surface area (Å²) in [5.41, 5.74) is 0.431. The number of carbonyl (C=O) groups excluding carboxylic acids is 1. The van der Waals surface area contributed by atoms with E-state index in [2.05, 4.69) is 15.6 Å². The van der Waals surface area contributed by atoms with Crippen LogP contribution in [0, 0.1) is 0 Å². The van der Waals surface area contributed by atoms with Gasteiger partial charge in [0.05, 0.1) is 4.90 Å². The van der Waals surface area contributed by atoms with Crippen LogP contribution >= 0.6 is 22.8 Å². The maximum Gasteiger partial charge on any atom is 0.323 e. The van der Waals surface area contributed by atoms with E-state index in [0.717, 1.165) is 12.1 Å². The molecule has 2 N–H and O–H groups in total. The van der Waals surface area contributed by atoms with Gasteiger partial charge in [-0.25, -0.2) is 9.78 Å². The van der Waals surface area contributed by atoms with Crippen molar-refractivity contribution in [2.75, 3.05) is 10.6 Å². The maximum atomic E-state index is 12.6. The number of rotatable bonds is 3. The van der Waals surface area contributed by atoms with Crippen LogP contribution in [0.25, 0.3) is 0 Å². The first-order valence-electron chi connectivity index (χ1n) is 5.56. The molecule has 0 saturated carbocycles. The van der Waals surface area contributed by atoms with Crippen molar-refractivity contribution < 1.29 is 16.5 Å². The van der Waals surface area contributed by atoms with Gasteiger partial charge < -0.3 is 10.6 Å². The van der Waals surface area contributed by atoms with Crippen LogP contribution in [0.5, 0.6) is 0 Å². The lowest BCUT2D eigenvalue weighted by molar-refractivity contribution is 0.262. The predicted molar refractivity (Wildman–Crippen MR) is 77.5 cm³/mol. The van der Waals surface area contributed by atoms with E-state index >= 15 is 0 Å². The molecule has 0 saturated heterocycles. The molecule has 2 amide bonds. The average Bonchev–Trinajstić information content (AvgIpc) is 2.37. The topological polar surface area (TPSA) is 54.0 Å². The second-order valence-corrected chi connectivity index (χ2v) is 5.55. The number of urea groups is 1. The van der Waals surface area contributed by atoms with Gasteiger partial charge in [-0.05, 0) is 30.3 Å². The molecule has 0 aliphatic carbocycles. The van der Waals surface area contributed by atoms with Crippen LogP contribution in [0.4, 0.5) is 27.8 Å². The van der Waals surface area contributed by atoms with Crippen molar-refractivity contribution >= 4 is 40.2 Å². The van der Waals surface area contributed by atoms with E-state index in [1.165, 1.54) is 30.5 Å². The Morgan fingerprint density at radius 1 is 1.10 bits per heavy atom. The van der Waals surface area contributed by atoms with Gasteiger partial charge in [-0.3, -0.25) is 0 Å². The number of aromatic nitrogens is 1. The molecular formula is C12H9ClF3N3OS. The Balaban J connectivity index is 2.06. The Bertz CT molecular complexity index is 666. The molecule has 4 nitrogen and oxygen atoms in total. The van der Waals surface area contributed by atoms with Crippen molar-refractivity contribution in [3.63, 3.8) is 0 Å². The lowest BCUT2D eigenvalue weighted by atomic mass is 10.3. The Kier molecular flexibility index (Phi) is 4.59. The molecule has 21 heavy (non-hydrogen) atoms. The normalized spacial score (nSPS) is 11.8. The monoisotopic (exact) mass is 335 g/mol. The number of nitrogens with one attached hydrogen (secondary N) is 2. The van der Waals surface area contributed by atoms with Gasteiger partial charge in [0, 0.05) is 17.6 Å². The van der Waals surface area contributed by atoms with Crippen molar-refractivity contribution in [3.8, 4) is 0 Å². The molecule has 0 unspecified atom stereocenters. The number of anilines is 2. The molecule has 1 aromatic heterocycles. The molecule has 1 aromatic carbocycles. The van der Waals surface area contributed by atoms with E-state index in [-0.39, 0.29) is 10.8 Å². The highest BCUT2D eigenvalue weighted by Crippen LogP contribution is 2.60. The third-order valence-electron chi connectivity index (χ3n) is 2.34. The van der Waals surface area contributed by atoms with Crippen LogP contribution in [0.15, 0.2) is 47.5 Å². The van der Waals surface area contributed by atoms with Gasteiger partial charge in [-0.1, -0.05) is 17.7 Å². The van der Waals surface area contributed by atoms with E-state index in [1.54, 1.807) is 0 Å². The van der Waals surface area contributed by atoms with Crippen molar-refractivity contribution in [1.82, 2.24) is 4.98 Å². The van der Waals surface area contributed by atoms with E-state index in [9.17, 15) is 16.5 Å². The minimum Gasteiger partial charge on any atom is -0.308 e. The summed E-state index contributed by atoms with van der Waals surface area (Å²) >= 11 is 0.331. The summed E-state index contributed by atoms with van der Waals surface area (Å²) in [7, 11) is 0. The largest absolute Gasteiger partial charge is 0.323 e. The fourth-order valence-corrected chi connectivity index (χ4v) is 2.16. The maximum absolute atomic E-state index is 12.6. The zero-order valence-electron chi connectivity index (χ0n) is 10.3. The molecule has 0 spiro atoms. The smallest absolute Gasteiger partial charge is 0.308 e. The number of hydrogen-bond donors (Lipinski definition) is 2. The molecule has 0 bridgehead atoms. The SMILES string of the molecule is O=C(Nc1cccc(S(F)(F)F)c1)Nc1ccnc(Cl)c1. The molecule has 0 aliphatic heterocycles. The summed E-state index contributed by atoms with van der Waals surface area (Å²) in [5.74, 6) is 0. The standard InChI is InChI=1S/C12H9ClF3N3OS/c13-11-7-9(4-5-17-11)19-12(20)18-8-2-1-3-10(6-8)21(14,15)16/h1-7H,(H2,17,18,19,20). The Morgan fingerprint density at radius 2 is 1.76 bits per heavy atom. The number of benzene rings is 1. The molecule has 2 rings (SSSR count). The number of amides is 2. The van der Waals surface area contributed by atoms with Gasteiger partial charge in [-0.2, -0.15) is 0 Å². The average molecular weight is 336 g/mol. The van der Waals surface area contributed by atoms with E-state index in [0.29, 0.717) is 5.69 Å². The first-order valence-corrected chi connectivity index (χ1v) is 7.27. The molecule has 2 aromatic rings. The number of carbonyl (C=O) groups is 1. The first kappa shape index (κ1) is 15.5. The van der Waals surface area contributed by atoms with Gasteiger partial charge >= 0.3 is 6.03 Å². The zero-order chi connectivity index (χ0) is 15.5. The van der Waals surface area contributed by atoms with Gasteiger partial charge in [-0.15, -0.1) is 11.7 Å². The molecule has 9 heteroatoms. The third kappa shape index (κ3) is 4.54. The Labute approximate surface area is 125 Å². The summed E-state index contributed by atoms with van der Waals surface area (Å²) in [6.45, 7) is 0. The molecule has 0 radical (unpaired) electrons. The van der Waals surface area contributed by atoms with Crippen LogP contribution in [0.3, 0.4) is 0 Å².